The number of benzene rings is 3. The number of nitrogens with zero attached hydrogens (tertiary/aromatic N) is 3. The predicted octanol–water partition coefficient (Wildman–Crippen LogP) is 4.58. The van der Waals surface area contributed by atoms with Gasteiger partial charge in [-0.05, 0) is 61.4 Å². The molecular weight excluding hydrogens is 470 g/mol. The Morgan fingerprint density at radius 2 is 1.73 bits per heavy atom. The molecule has 2 aliphatic heterocycles. The summed E-state index contributed by atoms with van der Waals surface area (Å²) in [4.78, 5) is 49.0. The fourth-order valence-electron chi connectivity index (χ4n) is 5.01. The lowest BCUT2D eigenvalue weighted by atomic mass is 10.00. The summed E-state index contributed by atoms with van der Waals surface area (Å²) < 4.78 is 5.37. The SMILES string of the molecule is O=C(Nc1ccc(C(=O)N2CCC(N3C(=O)OCc4ccccc43)CC2)cc1)c1ccc2nc[nH]c2c1. The van der Waals surface area contributed by atoms with Crippen LogP contribution in [0.3, 0.4) is 0 Å². The molecule has 0 unspecified atom stereocenters. The second-order valence-corrected chi connectivity index (χ2v) is 9.24. The van der Waals surface area contributed by atoms with E-state index in [1.165, 1.54) is 0 Å². The fourth-order valence-corrected chi connectivity index (χ4v) is 5.01. The predicted molar refractivity (Wildman–Crippen MR) is 139 cm³/mol. The van der Waals surface area contributed by atoms with Gasteiger partial charge in [0.25, 0.3) is 11.8 Å². The number of H-pyrrole nitrogens is 1. The molecule has 0 radical (unpaired) electrons. The number of carbonyl (C=O) groups is 3. The van der Waals surface area contributed by atoms with Crippen LogP contribution in [0.5, 0.6) is 0 Å². The maximum absolute atomic E-state index is 13.1. The number of nitrogens with one attached hydrogen (secondary N) is 2. The molecule has 3 heterocycles. The summed E-state index contributed by atoms with van der Waals surface area (Å²) in [7, 11) is 0. The van der Waals surface area contributed by atoms with Gasteiger partial charge in [0.15, 0.2) is 0 Å². The van der Waals surface area contributed by atoms with Gasteiger partial charge in [0, 0.05) is 41.5 Å². The molecule has 0 atom stereocenters. The Morgan fingerprint density at radius 1 is 0.973 bits per heavy atom. The number of ether oxygens (including phenoxy) is 1. The van der Waals surface area contributed by atoms with Crippen LogP contribution in [0.15, 0.2) is 73.1 Å². The van der Waals surface area contributed by atoms with Gasteiger partial charge in [0.1, 0.15) is 6.61 Å². The normalized spacial score (nSPS) is 15.8. The lowest BCUT2D eigenvalue weighted by Crippen LogP contribution is -2.50. The Hall–Kier alpha value is -4.66. The second-order valence-electron chi connectivity index (χ2n) is 9.24. The Balaban J connectivity index is 1.08. The number of piperidine rings is 1. The van der Waals surface area contributed by atoms with Gasteiger partial charge in [-0.25, -0.2) is 9.78 Å². The number of rotatable bonds is 4. The number of anilines is 2. The van der Waals surface area contributed by atoms with Gasteiger partial charge < -0.3 is 19.9 Å². The van der Waals surface area contributed by atoms with Crippen molar-refractivity contribution in [3.05, 3.63) is 89.7 Å². The molecule has 0 aliphatic carbocycles. The molecule has 9 heteroatoms. The van der Waals surface area contributed by atoms with E-state index in [-0.39, 0.29) is 23.9 Å². The molecule has 0 spiro atoms. The molecule has 186 valence electrons. The average molecular weight is 496 g/mol. The highest BCUT2D eigenvalue weighted by atomic mass is 16.6. The lowest BCUT2D eigenvalue weighted by Gasteiger charge is -2.40. The van der Waals surface area contributed by atoms with Gasteiger partial charge in [-0.3, -0.25) is 14.5 Å². The van der Waals surface area contributed by atoms with E-state index >= 15 is 0 Å². The largest absolute Gasteiger partial charge is 0.444 e. The third-order valence-corrected chi connectivity index (χ3v) is 6.99. The van der Waals surface area contributed by atoms with Crippen LogP contribution in [-0.4, -0.2) is 51.9 Å². The molecular formula is C28H25N5O4. The molecule has 4 aromatic rings. The highest BCUT2D eigenvalue weighted by molar-refractivity contribution is 6.06. The van der Waals surface area contributed by atoms with Crippen molar-refractivity contribution in [1.29, 1.82) is 0 Å². The number of para-hydroxylation sites is 1. The second kappa shape index (κ2) is 9.42. The topological polar surface area (TPSA) is 108 Å². The molecule has 2 N–H and O–H groups in total. The minimum atomic E-state index is -0.328. The molecule has 3 aromatic carbocycles. The number of imidazole rings is 1. The van der Waals surface area contributed by atoms with Crippen molar-refractivity contribution in [2.45, 2.75) is 25.5 Å². The summed E-state index contributed by atoms with van der Waals surface area (Å²) in [5.41, 5.74) is 5.15. The first-order valence-electron chi connectivity index (χ1n) is 12.2. The fraction of sp³-hybridized carbons (Fsp3) is 0.214. The summed E-state index contributed by atoms with van der Waals surface area (Å²) in [6.07, 6.45) is 2.60. The number of amides is 3. The van der Waals surface area contributed by atoms with E-state index in [4.69, 9.17) is 4.74 Å². The number of cyclic esters (lactones) is 1. The Labute approximate surface area is 213 Å². The number of hydrogen-bond acceptors (Lipinski definition) is 5. The van der Waals surface area contributed by atoms with E-state index in [1.54, 1.807) is 53.7 Å². The molecule has 1 saturated heterocycles. The standard InChI is InChI=1S/C28H25N5O4/c34-26(19-7-10-23-24(15-19)30-17-29-23)31-21-8-5-18(6-9-21)27(35)32-13-11-22(12-14-32)33-25-4-2-1-3-20(25)16-37-28(33)36/h1-10,15,17,22H,11-14,16H2,(H,29,30)(H,31,34). The van der Waals surface area contributed by atoms with Gasteiger partial charge in [-0.2, -0.15) is 0 Å². The molecule has 1 fully saturated rings. The van der Waals surface area contributed by atoms with E-state index in [9.17, 15) is 14.4 Å². The van der Waals surface area contributed by atoms with E-state index < -0.39 is 0 Å². The zero-order chi connectivity index (χ0) is 25.4. The number of aromatic amines is 1. The Morgan fingerprint density at radius 3 is 2.54 bits per heavy atom. The summed E-state index contributed by atoms with van der Waals surface area (Å²) in [5, 5.41) is 2.87. The van der Waals surface area contributed by atoms with Crippen molar-refractivity contribution in [3.8, 4) is 0 Å². The molecule has 3 amide bonds. The molecule has 1 aromatic heterocycles. The maximum atomic E-state index is 13.1. The van der Waals surface area contributed by atoms with Crippen molar-refractivity contribution >= 4 is 40.3 Å². The van der Waals surface area contributed by atoms with Gasteiger partial charge in [-0.1, -0.05) is 18.2 Å². The van der Waals surface area contributed by atoms with Crippen molar-refractivity contribution in [3.63, 3.8) is 0 Å². The number of carbonyl (C=O) groups excluding carboxylic acids is 3. The van der Waals surface area contributed by atoms with Crippen LogP contribution in [0.1, 0.15) is 39.1 Å². The van der Waals surface area contributed by atoms with Crippen molar-refractivity contribution in [2.75, 3.05) is 23.3 Å². The van der Waals surface area contributed by atoms with E-state index in [1.807, 2.05) is 29.2 Å². The first-order valence-corrected chi connectivity index (χ1v) is 12.2. The van der Waals surface area contributed by atoms with Gasteiger partial charge in [-0.15, -0.1) is 0 Å². The third-order valence-electron chi connectivity index (χ3n) is 6.99. The van der Waals surface area contributed by atoms with Crippen LogP contribution in [0.4, 0.5) is 16.2 Å². The summed E-state index contributed by atoms with van der Waals surface area (Å²) in [6.45, 7) is 1.38. The minimum absolute atomic E-state index is 0.0171. The van der Waals surface area contributed by atoms with Crippen LogP contribution in [0.25, 0.3) is 11.0 Å². The van der Waals surface area contributed by atoms with Crippen LogP contribution in [0, 0.1) is 0 Å². The zero-order valence-corrected chi connectivity index (χ0v) is 20.0. The third kappa shape index (κ3) is 4.40. The van der Waals surface area contributed by atoms with Gasteiger partial charge in [0.2, 0.25) is 0 Å². The monoisotopic (exact) mass is 495 g/mol. The van der Waals surface area contributed by atoms with Crippen LogP contribution in [0.2, 0.25) is 0 Å². The average Bonchev–Trinajstić information content (AvgIpc) is 3.41. The quantitative estimate of drug-likeness (QED) is 0.431. The van der Waals surface area contributed by atoms with Crippen LogP contribution in [-0.2, 0) is 11.3 Å². The van der Waals surface area contributed by atoms with E-state index in [0.717, 1.165) is 22.3 Å². The Bertz CT molecular complexity index is 1490. The minimum Gasteiger partial charge on any atom is -0.444 e. The molecule has 6 rings (SSSR count). The highest BCUT2D eigenvalue weighted by Crippen LogP contribution is 2.32. The number of hydrogen-bond donors (Lipinski definition) is 2. The molecule has 2 aliphatic rings. The highest BCUT2D eigenvalue weighted by Gasteiger charge is 2.35. The number of fused-ring (bicyclic) bond motifs is 2. The lowest BCUT2D eigenvalue weighted by molar-refractivity contribution is 0.0708. The first-order chi connectivity index (χ1) is 18.1. The van der Waals surface area contributed by atoms with Crippen LogP contribution >= 0.6 is 0 Å². The first kappa shape index (κ1) is 22.8. The van der Waals surface area contributed by atoms with Crippen molar-refractivity contribution in [2.24, 2.45) is 0 Å². The number of aromatic nitrogens is 2. The molecule has 0 bridgehead atoms. The van der Waals surface area contributed by atoms with E-state index in [2.05, 4.69) is 15.3 Å². The molecule has 9 nitrogen and oxygen atoms in total. The summed E-state index contributed by atoms with van der Waals surface area (Å²) in [5.74, 6) is -0.307. The molecule has 0 saturated carbocycles. The van der Waals surface area contributed by atoms with E-state index in [0.29, 0.717) is 49.4 Å². The zero-order valence-electron chi connectivity index (χ0n) is 20.0. The smallest absolute Gasteiger partial charge is 0.414 e. The van der Waals surface area contributed by atoms with Crippen molar-refractivity contribution < 1.29 is 19.1 Å². The van der Waals surface area contributed by atoms with Crippen LogP contribution < -0.4 is 10.2 Å². The summed E-state index contributed by atoms with van der Waals surface area (Å²) >= 11 is 0. The van der Waals surface area contributed by atoms with Gasteiger partial charge in [0.05, 0.1) is 23.0 Å². The molecule has 37 heavy (non-hydrogen) atoms. The number of likely N-dealkylation sites (tertiary alicyclic amines) is 1. The summed E-state index contributed by atoms with van der Waals surface area (Å²) in [6, 6.07) is 19.9. The Kier molecular flexibility index (Phi) is 5.80. The van der Waals surface area contributed by atoms with Gasteiger partial charge >= 0.3 is 6.09 Å². The maximum Gasteiger partial charge on any atom is 0.414 e. The van der Waals surface area contributed by atoms with Crippen molar-refractivity contribution in [1.82, 2.24) is 14.9 Å².